The molecule has 0 fully saturated rings. The van der Waals surface area contributed by atoms with Gasteiger partial charge in [-0.1, -0.05) is 67.6 Å². The van der Waals surface area contributed by atoms with E-state index in [1.165, 1.54) is 0 Å². The van der Waals surface area contributed by atoms with E-state index < -0.39 is 6.10 Å². The van der Waals surface area contributed by atoms with Crippen molar-refractivity contribution in [2.45, 2.75) is 19.4 Å². The van der Waals surface area contributed by atoms with Crippen molar-refractivity contribution in [3.8, 4) is 17.2 Å². The summed E-state index contributed by atoms with van der Waals surface area (Å²) in [5.74, 6) is 1.75. The van der Waals surface area contributed by atoms with E-state index in [0.29, 0.717) is 29.4 Å². The zero-order valence-electron chi connectivity index (χ0n) is 16.7. The molecule has 4 aromatic carbocycles. The van der Waals surface area contributed by atoms with E-state index in [1.807, 2.05) is 104 Å². The lowest BCUT2D eigenvalue weighted by Gasteiger charge is -2.19. The van der Waals surface area contributed by atoms with Crippen LogP contribution in [-0.2, 0) is 4.79 Å². The van der Waals surface area contributed by atoms with Gasteiger partial charge in [-0.05, 0) is 53.6 Å². The molecule has 0 saturated carbocycles. The van der Waals surface area contributed by atoms with E-state index >= 15 is 0 Å². The molecular weight excluding hydrogens is 374 g/mol. The minimum absolute atomic E-state index is 0.213. The first-order valence-corrected chi connectivity index (χ1v) is 10.0. The number of fused-ring (bicyclic) bond motifs is 1. The molecule has 4 heteroatoms. The second-order valence-corrected chi connectivity index (χ2v) is 6.92. The highest BCUT2D eigenvalue weighted by Gasteiger charge is 2.20. The van der Waals surface area contributed by atoms with Gasteiger partial charge in [0.15, 0.2) is 11.9 Å². The number of hydrogen-bond donors (Lipinski definition) is 1. The fraction of sp³-hybridized carbons (Fsp3) is 0.115. The van der Waals surface area contributed by atoms with E-state index in [2.05, 4.69) is 5.32 Å². The number of carbonyl (C=O) groups excluding carboxylic acids is 1. The highest BCUT2D eigenvalue weighted by Crippen LogP contribution is 2.29. The van der Waals surface area contributed by atoms with Crippen molar-refractivity contribution in [1.29, 1.82) is 0 Å². The Kier molecular flexibility index (Phi) is 5.95. The number of anilines is 1. The number of ether oxygens (including phenoxy) is 2. The van der Waals surface area contributed by atoms with Crippen molar-refractivity contribution in [1.82, 2.24) is 0 Å². The Balaban J connectivity index is 1.49. The summed E-state index contributed by atoms with van der Waals surface area (Å²) in [5.41, 5.74) is 0.604. The highest BCUT2D eigenvalue weighted by atomic mass is 16.5. The molecular formula is C26H23NO3. The van der Waals surface area contributed by atoms with Crippen molar-refractivity contribution in [2.75, 3.05) is 5.32 Å². The second-order valence-electron chi connectivity index (χ2n) is 6.92. The molecule has 4 nitrogen and oxygen atoms in total. The van der Waals surface area contributed by atoms with Gasteiger partial charge in [-0.15, -0.1) is 0 Å². The molecule has 1 atom stereocenters. The molecule has 0 aliphatic carbocycles. The van der Waals surface area contributed by atoms with Crippen LogP contribution in [0.4, 0.5) is 5.69 Å². The molecule has 0 aliphatic rings. The summed E-state index contributed by atoms with van der Waals surface area (Å²) < 4.78 is 11.9. The quantitative estimate of drug-likeness (QED) is 0.391. The topological polar surface area (TPSA) is 47.6 Å². The Hall–Kier alpha value is -3.79. The van der Waals surface area contributed by atoms with E-state index in [9.17, 15) is 4.79 Å². The van der Waals surface area contributed by atoms with Gasteiger partial charge < -0.3 is 14.8 Å². The lowest BCUT2D eigenvalue weighted by molar-refractivity contribution is -0.122. The van der Waals surface area contributed by atoms with Gasteiger partial charge in [0.25, 0.3) is 5.91 Å². The van der Waals surface area contributed by atoms with Crippen LogP contribution in [0.5, 0.6) is 17.2 Å². The molecule has 1 amide bonds. The third kappa shape index (κ3) is 4.61. The van der Waals surface area contributed by atoms with Gasteiger partial charge >= 0.3 is 0 Å². The smallest absolute Gasteiger partial charge is 0.265 e. The zero-order valence-corrected chi connectivity index (χ0v) is 16.7. The summed E-state index contributed by atoms with van der Waals surface area (Å²) in [4.78, 5) is 12.9. The van der Waals surface area contributed by atoms with Crippen LogP contribution < -0.4 is 14.8 Å². The summed E-state index contributed by atoms with van der Waals surface area (Å²) in [6.07, 6.45) is -0.0728. The van der Waals surface area contributed by atoms with Crippen LogP contribution in [0.25, 0.3) is 10.8 Å². The van der Waals surface area contributed by atoms with E-state index in [-0.39, 0.29) is 5.91 Å². The number of nitrogens with one attached hydrogen (secondary N) is 1. The zero-order chi connectivity index (χ0) is 20.8. The predicted octanol–water partition coefficient (Wildman–Crippen LogP) is 6.43. The Morgan fingerprint density at radius 1 is 0.800 bits per heavy atom. The number of benzene rings is 4. The Bertz CT molecular complexity index is 1140. The van der Waals surface area contributed by atoms with Crippen LogP contribution in [0.15, 0.2) is 97.1 Å². The molecule has 0 bridgehead atoms. The molecule has 0 saturated heterocycles. The van der Waals surface area contributed by atoms with Gasteiger partial charge in [0.2, 0.25) is 0 Å². The number of carbonyl (C=O) groups is 1. The van der Waals surface area contributed by atoms with Gasteiger partial charge in [0.1, 0.15) is 11.5 Å². The molecule has 0 radical (unpaired) electrons. The molecule has 4 rings (SSSR count). The number of para-hydroxylation sites is 3. The van der Waals surface area contributed by atoms with Crippen molar-refractivity contribution >= 4 is 22.4 Å². The van der Waals surface area contributed by atoms with Gasteiger partial charge in [0, 0.05) is 0 Å². The fourth-order valence-electron chi connectivity index (χ4n) is 3.21. The molecule has 150 valence electrons. The normalized spacial score (nSPS) is 11.6. The average molecular weight is 397 g/mol. The third-order valence-electron chi connectivity index (χ3n) is 4.78. The van der Waals surface area contributed by atoms with Gasteiger partial charge in [-0.2, -0.15) is 0 Å². The number of rotatable bonds is 7. The maximum Gasteiger partial charge on any atom is 0.265 e. The molecule has 0 unspecified atom stereocenters. The van der Waals surface area contributed by atoms with Gasteiger partial charge in [-0.25, -0.2) is 0 Å². The average Bonchev–Trinajstić information content (AvgIpc) is 2.79. The summed E-state index contributed by atoms with van der Waals surface area (Å²) in [6.45, 7) is 1.93. The number of hydrogen-bond acceptors (Lipinski definition) is 3. The van der Waals surface area contributed by atoms with E-state index in [4.69, 9.17) is 9.47 Å². The fourth-order valence-corrected chi connectivity index (χ4v) is 3.21. The molecule has 0 aliphatic heterocycles. The van der Waals surface area contributed by atoms with Crippen molar-refractivity contribution in [3.63, 3.8) is 0 Å². The maximum absolute atomic E-state index is 12.9. The summed E-state index contributed by atoms with van der Waals surface area (Å²) in [6, 6.07) is 30.8. The van der Waals surface area contributed by atoms with E-state index in [1.54, 1.807) is 0 Å². The SMILES string of the molecule is CC[C@H](Oc1ccc2ccccc2c1)C(=O)Nc1ccccc1Oc1ccccc1. The molecule has 1 N–H and O–H groups in total. The first-order chi connectivity index (χ1) is 14.7. The summed E-state index contributed by atoms with van der Waals surface area (Å²) >= 11 is 0. The second kappa shape index (κ2) is 9.14. The van der Waals surface area contributed by atoms with Crippen molar-refractivity contribution in [2.24, 2.45) is 0 Å². The first kappa shape index (κ1) is 19.5. The minimum Gasteiger partial charge on any atom is -0.481 e. The van der Waals surface area contributed by atoms with Gasteiger partial charge in [-0.3, -0.25) is 4.79 Å². The van der Waals surface area contributed by atoms with Gasteiger partial charge in [0.05, 0.1) is 5.69 Å². The first-order valence-electron chi connectivity index (χ1n) is 10.0. The summed E-state index contributed by atoms with van der Waals surface area (Å²) in [5, 5.41) is 5.16. The highest BCUT2D eigenvalue weighted by molar-refractivity contribution is 5.95. The van der Waals surface area contributed by atoms with Crippen molar-refractivity contribution in [3.05, 3.63) is 97.1 Å². The molecule has 0 spiro atoms. The minimum atomic E-state index is -0.615. The molecule has 0 aromatic heterocycles. The predicted molar refractivity (Wildman–Crippen MR) is 120 cm³/mol. The monoisotopic (exact) mass is 397 g/mol. The lowest BCUT2D eigenvalue weighted by atomic mass is 10.1. The summed E-state index contributed by atoms with van der Waals surface area (Å²) in [7, 11) is 0. The molecule has 30 heavy (non-hydrogen) atoms. The van der Waals surface area contributed by atoms with Crippen LogP contribution >= 0.6 is 0 Å². The number of amides is 1. The van der Waals surface area contributed by atoms with Crippen LogP contribution in [0.1, 0.15) is 13.3 Å². The Labute approximate surface area is 176 Å². The van der Waals surface area contributed by atoms with Crippen molar-refractivity contribution < 1.29 is 14.3 Å². The maximum atomic E-state index is 12.9. The third-order valence-corrected chi connectivity index (χ3v) is 4.78. The van der Waals surface area contributed by atoms with Crippen LogP contribution in [0.2, 0.25) is 0 Å². The van der Waals surface area contributed by atoms with Crippen LogP contribution in [-0.4, -0.2) is 12.0 Å². The Morgan fingerprint density at radius 2 is 1.50 bits per heavy atom. The molecule has 4 aromatic rings. The van der Waals surface area contributed by atoms with Crippen LogP contribution in [0, 0.1) is 0 Å². The Morgan fingerprint density at radius 3 is 2.30 bits per heavy atom. The largest absolute Gasteiger partial charge is 0.481 e. The molecule has 0 heterocycles. The van der Waals surface area contributed by atoms with Crippen LogP contribution in [0.3, 0.4) is 0 Å². The standard InChI is InChI=1S/C26H23NO3/c1-2-24(30-22-17-16-19-10-6-7-11-20(19)18-22)26(28)27-23-14-8-9-15-25(23)29-21-12-4-3-5-13-21/h3-18,24H,2H2,1H3,(H,27,28)/t24-/m0/s1. The lowest BCUT2D eigenvalue weighted by Crippen LogP contribution is -2.32. The van der Waals surface area contributed by atoms with E-state index in [0.717, 1.165) is 10.8 Å².